The number of ether oxygens (including phenoxy) is 1. The molecule has 2 atom stereocenters. The maximum absolute atomic E-state index is 12.0. The van der Waals surface area contributed by atoms with E-state index in [4.69, 9.17) is 9.84 Å². The Balaban J connectivity index is 4.65. The third kappa shape index (κ3) is 7.30. The van der Waals surface area contributed by atoms with Gasteiger partial charge in [0, 0.05) is 0 Å². The maximum atomic E-state index is 12.0. The summed E-state index contributed by atoms with van der Waals surface area (Å²) in [5.74, 6) is -1.85. The largest absolute Gasteiger partial charge is 0.481 e. The van der Waals surface area contributed by atoms with E-state index in [9.17, 15) is 9.59 Å². The van der Waals surface area contributed by atoms with Gasteiger partial charge in [0.05, 0.1) is 12.3 Å². The van der Waals surface area contributed by atoms with Gasteiger partial charge >= 0.3 is 11.9 Å². The fourth-order valence-corrected chi connectivity index (χ4v) is 1.81. The van der Waals surface area contributed by atoms with Gasteiger partial charge in [-0.1, -0.05) is 26.7 Å². The topological polar surface area (TPSA) is 63.6 Å². The minimum absolute atomic E-state index is 0.0379. The third-order valence-electron chi connectivity index (χ3n) is 2.80. The second-order valence-corrected chi connectivity index (χ2v) is 5.86. The summed E-state index contributed by atoms with van der Waals surface area (Å²) in [4.78, 5) is 22.9. The predicted molar refractivity (Wildman–Crippen MR) is 70.3 cm³/mol. The van der Waals surface area contributed by atoms with Gasteiger partial charge in [0.1, 0.15) is 5.60 Å². The molecule has 0 heterocycles. The Morgan fingerprint density at radius 2 is 1.83 bits per heavy atom. The van der Waals surface area contributed by atoms with Gasteiger partial charge in [0.2, 0.25) is 0 Å². The summed E-state index contributed by atoms with van der Waals surface area (Å²) < 4.78 is 5.30. The lowest BCUT2D eigenvalue weighted by atomic mass is 9.87. The van der Waals surface area contributed by atoms with Crippen LogP contribution in [-0.4, -0.2) is 22.6 Å². The first kappa shape index (κ1) is 16.9. The molecule has 0 aliphatic heterocycles. The van der Waals surface area contributed by atoms with Crippen molar-refractivity contribution in [2.24, 2.45) is 11.8 Å². The van der Waals surface area contributed by atoms with Gasteiger partial charge < -0.3 is 9.84 Å². The van der Waals surface area contributed by atoms with Crippen molar-refractivity contribution in [2.75, 3.05) is 0 Å². The van der Waals surface area contributed by atoms with Crippen LogP contribution in [0.4, 0.5) is 0 Å². The van der Waals surface area contributed by atoms with E-state index in [1.807, 2.05) is 6.92 Å². The molecule has 0 spiro atoms. The molecular weight excluding hydrogens is 232 g/mol. The molecule has 4 nitrogen and oxygen atoms in total. The zero-order valence-corrected chi connectivity index (χ0v) is 12.2. The van der Waals surface area contributed by atoms with Crippen molar-refractivity contribution in [3.63, 3.8) is 0 Å². The standard InChI is InChI=1S/C14H26O4/c1-6-7-8-10(2)11(9-12(15)16)13(17)18-14(3,4)5/h10-11H,6-9H2,1-5H3,(H,15,16)/t10-,11+/m1/s1. The van der Waals surface area contributed by atoms with E-state index >= 15 is 0 Å². The average Bonchev–Trinajstić information content (AvgIpc) is 2.19. The summed E-state index contributed by atoms with van der Waals surface area (Å²) in [7, 11) is 0. The van der Waals surface area contributed by atoms with Crippen LogP contribution in [0.5, 0.6) is 0 Å². The molecule has 0 aromatic carbocycles. The molecule has 0 rings (SSSR count). The lowest BCUT2D eigenvalue weighted by molar-refractivity contribution is -0.165. The summed E-state index contributed by atoms with van der Waals surface area (Å²) in [5.41, 5.74) is -0.571. The smallest absolute Gasteiger partial charge is 0.310 e. The molecule has 0 amide bonds. The van der Waals surface area contributed by atoms with Crippen molar-refractivity contribution in [3.8, 4) is 0 Å². The van der Waals surface area contributed by atoms with Crippen molar-refractivity contribution in [1.29, 1.82) is 0 Å². The zero-order valence-electron chi connectivity index (χ0n) is 12.2. The van der Waals surface area contributed by atoms with Crippen LogP contribution in [0.2, 0.25) is 0 Å². The van der Waals surface area contributed by atoms with Crippen LogP contribution in [-0.2, 0) is 14.3 Å². The van der Waals surface area contributed by atoms with Crippen molar-refractivity contribution >= 4 is 11.9 Å². The molecular formula is C14H26O4. The maximum Gasteiger partial charge on any atom is 0.310 e. The number of hydrogen-bond acceptors (Lipinski definition) is 3. The van der Waals surface area contributed by atoms with Crippen molar-refractivity contribution in [3.05, 3.63) is 0 Å². The molecule has 0 bridgehead atoms. The number of aliphatic carboxylic acids is 1. The van der Waals surface area contributed by atoms with Crippen LogP contribution in [0.25, 0.3) is 0 Å². The summed E-state index contributed by atoms with van der Waals surface area (Å²) in [6.07, 6.45) is 2.74. The molecule has 0 unspecified atom stereocenters. The van der Waals surface area contributed by atoms with E-state index < -0.39 is 23.5 Å². The third-order valence-corrected chi connectivity index (χ3v) is 2.80. The number of rotatable bonds is 7. The van der Waals surface area contributed by atoms with Crippen molar-refractivity contribution in [2.45, 2.75) is 65.9 Å². The molecule has 106 valence electrons. The van der Waals surface area contributed by atoms with E-state index in [-0.39, 0.29) is 12.3 Å². The molecule has 4 heteroatoms. The van der Waals surface area contributed by atoms with E-state index in [0.717, 1.165) is 19.3 Å². The lowest BCUT2D eigenvalue weighted by Crippen LogP contribution is -2.33. The molecule has 0 radical (unpaired) electrons. The van der Waals surface area contributed by atoms with Crippen LogP contribution in [0.15, 0.2) is 0 Å². The summed E-state index contributed by atoms with van der Waals surface area (Å²) in [5, 5.41) is 8.90. The minimum atomic E-state index is -0.950. The highest BCUT2D eigenvalue weighted by Gasteiger charge is 2.31. The Bertz CT molecular complexity index is 278. The molecule has 0 aliphatic rings. The lowest BCUT2D eigenvalue weighted by Gasteiger charge is -2.26. The van der Waals surface area contributed by atoms with Gasteiger partial charge in [0.25, 0.3) is 0 Å². The van der Waals surface area contributed by atoms with E-state index in [1.165, 1.54) is 0 Å². The van der Waals surface area contributed by atoms with Gasteiger partial charge in [-0.2, -0.15) is 0 Å². The first-order valence-corrected chi connectivity index (χ1v) is 6.62. The molecule has 0 saturated heterocycles. The quantitative estimate of drug-likeness (QED) is 0.712. The Morgan fingerprint density at radius 3 is 2.22 bits per heavy atom. The van der Waals surface area contributed by atoms with E-state index in [2.05, 4.69) is 6.92 Å². The highest BCUT2D eigenvalue weighted by Crippen LogP contribution is 2.25. The molecule has 0 aromatic rings. The Labute approximate surface area is 110 Å². The van der Waals surface area contributed by atoms with Gasteiger partial charge in [-0.15, -0.1) is 0 Å². The van der Waals surface area contributed by atoms with Gasteiger partial charge in [-0.3, -0.25) is 9.59 Å². The second-order valence-electron chi connectivity index (χ2n) is 5.86. The molecule has 0 aliphatic carbocycles. The first-order valence-electron chi connectivity index (χ1n) is 6.62. The second kappa shape index (κ2) is 7.39. The van der Waals surface area contributed by atoms with E-state index in [1.54, 1.807) is 20.8 Å². The summed E-state index contributed by atoms with van der Waals surface area (Å²) >= 11 is 0. The summed E-state index contributed by atoms with van der Waals surface area (Å²) in [6, 6.07) is 0. The molecule has 0 saturated carbocycles. The van der Waals surface area contributed by atoms with Crippen LogP contribution in [0.3, 0.4) is 0 Å². The fraction of sp³-hybridized carbons (Fsp3) is 0.857. The van der Waals surface area contributed by atoms with Gasteiger partial charge in [-0.05, 0) is 33.1 Å². The molecule has 1 N–H and O–H groups in total. The number of hydrogen-bond donors (Lipinski definition) is 1. The SMILES string of the molecule is CCCC[C@@H](C)[C@H](CC(=O)O)C(=O)OC(C)(C)C. The molecule has 18 heavy (non-hydrogen) atoms. The average molecular weight is 258 g/mol. The Morgan fingerprint density at radius 1 is 1.28 bits per heavy atom. The number of carbonyl (C=O) groups excluding carboxylic acids is 1. The predicted octanol–water partition coefficient (Wildman–Crippen LogP) is 3.25. The van der Waals surface area contributed by atoms with Gasteiger partial charge in [-0.25, -0.2) is 0 Å². The highest BCUT2D eigenvalue weighted by atomic mass is 16.6. The number of carboxylic acids is 1. The van der Waals surface area contributed by atoms with Gasteiger partial charge in [0.15, 0.2) is 0 Å². The summed E-state index contributed by atoms with van der Waals surface area (Å²) in [6.45, 7) is 9.37. The number of esters is 1. The fourth-order valence-electron chi connectivity index (χ4n) is 1.81. The molecule has 0 aromatic heterocycles. The monoisotopic (exact) mass is 258 g/mol. The van der Waals surface area contributed by atoms with Crippen molar-refractivity contribution in [1.82, 2.24) is 0 Å². The number of carboxylic acid groups (broad SMARTS) is 1. The first-order chi connectivity index (χ1) is 8.17. The zero-order chi connectivity index (χ0) is 14.3. The van der Waals surface area contributed by atoms with Crippen LogP contribution < -0.4 is 0 Å². The van der Waals surface area contributed by atoms with Crippen LogP contribution in [0, 0.1) is 11.8 Å². The van der Waals surface area contributed by atoms with E-state index in [0.29, 0.717) is 0 Å². The Hall–Kier alpha value is -1.06. The Kier molecular flexibility index (Phi) is 6.96. The number of carbonyl (C=O) groups is 2. The minimum Gasteiger partial charge on any atom is -0.481 e. The van der Waals surface area contributed by atoms with Crippen LogP contribution >= 0.6 is 0 Å². The number of unbranched alkanes of at least 4 members (excludes halogenated alkanes) is 1. The van der Waals surface area contributed by atoms with Crippen molar-refractivity contribution < 1.29 is 19.4 Å². The highest BCUT2D eigenvalue weighted by molar-refractivity contribution is 5.79. The molecule has 0 fully saturated rings. The normalized spacial score (nSPS) is 14.9. The van der Waals surface area contributed by atoms with Crippen LogP contribution in [0.1, 0.15) is 60.3 Å².